The highest BCUT2D eigenvalue weighted by Gasteiger charge is 2.37. The van der Waals surface area contributed by atoms with Crippen molar-refractivity contribution in [2.45, 2.75) is 68.5 Å². The van der Waals surface area contributed by atoms with Gasteiger partial charge in [0.15, 0.2) is 0 Å². The summed E-state index contributed by atoms with van der Waals surface area (Å²) >= 11 is 0. The third-order valence-corrected chi connectivity index (χ3v) is 7.20. The van der Waals surface area contributed by atoms with E-state index in [0.717, 1.165) is 30.6 Å². The Labute approximate surface area is 176 Å². The van der Waals surface area contributed by atoms with Gasteiger partial charge in [0.1, 0.15) is 0 Å². The first-order chi connectivity index (χ1) is 14.2. The highest BCUT2D eigenvalue weighted by atomic mass is 32.2. The summed E-state index contributed by atoms with van der Waals surface area (Å²) in [5.41, 5.74) is 2.37. The second kappa shape index (κ2) is 9.98. The molecule has 5 heteroatoms. The predicted molar refractivity (Wildman–Crippen MR) is 114 cm³/mol. The van der Waals surface area contributed by atoms with E-state index < -0.39 is 10.8 Å². The van der Waals surface area contributed by atoms with Crippen molar-refractivity contribution >= 4 is 10.8 Å². The molecule has 0 unspecified atom stereocenters. The number of hydrogen-bond acceptors (Lipinski definition) is 4. The van der Waals surface area contributed by atoms with E-state index in [-0.39, 0.29) is 24.4 Å². The second-order valence-corrected chi connectivity index (χ2v) is 9.57. The van der Waals surface area contributed by atoms with Gasteiger partial charge in [0.05, 0.1) is 54.2 Å². The summed E-state index contributed by atoms with van der Waals surface area (Å²) in [7, 11) is -1.01. The molecule has 2 fully saturated rings. The van der Waals surface area contributed by atoms with Gasteiger partial charge in [-0.05, 0) is 50.3 Å². The van der Waals surface area contributed by atoms with Gasteiger partial charge >= 0.3 is 0 Å². The molecular formula is C24H30O4S. The van der Waals surface area contributed by atoms with Gasteiger partial charge in [-0.1, -0.05) is 48.0 Å². The molecule has 2 aliphatic heterocycles. The lowest BCUT2D eigenvalue weighted by Crippen LogP contribution is -2.29. The highest BCUT2D eigenvalue weighted by molar-refractivity contribution is 7.85. The van der Waals surface area contributed by atoms with Crippen LogP contribution in [0.2, 0.25) is 0 Å². The van der Waals surface area contributed by atoms with Crippen molar-refractivity contribution in [3.8, 4) is 0 Å². The van der Waals surface area contributed by atoms with Gasteiger partial charge < -0.3 is 14.2 Å². The fourth-order valence-electron chi connectivity index (χ4n) is 4.10. The SMILES string of the molecule is Cc1ccc([S@@](=O)C[C@H]2CC[C@@H]([C@@H]3CC[C@H](COCc4ccccc4)O3)O2)cc1. The van der Waals surface area contributed by atoms with Crippen LogP contribution in [0.25, 0.3) is 0 Å². The molecular weight excluding hydrogens is 384 g/mol. The van der Waals surface area contributed by atoms with Gasteiger partial charge in [-0.25, -0.2) is 0 Å². The molecule has 0 aliphatic carbocycles. The molecule has 2 aliphatic rings. The van der Waals surface area contributed by atoms with Crippen LogP contribution in [-0.2, 0) is 31.6 Å². The van der Waals surface area contributed by atoms with Crippen LogP contribution in [0.4, 0.5) is 0 Å². The maximum Gasteiger partial charge on any atom is 0.0842 e. The van der Waals surface area contributed by atoms with Crippen LogP contribution >= 0.6 is 0 Å². The number of benzene rings is 2. The van der Waals surface area contributed by atoms with Gasteiger partial charge in [0, 0.05) is 4.90 Å². The van der Waals surface area contributed by atoms with Crippen molar-refractivity contribution < 1.29 is 18.4 Å². The van der Waals surface area contributed by atoms with E-state index in [1.807, 2.05) is 49.4 Å². The molecule has 156 valence electrons. The van der Waals surface area contributed by atoms with Crippen molar-refractivity contribution in [2.75, 3.05) is 12.4 Å². The standard InChI is InChI=1S/C24H30O4S/c1-18-7-11-22(12-8-18)29(25)17-21-10-14-24(28-21)23-13-9-20(27-23)16-26-15-19-5-3-2-4-6-19/h2-8,11-12,20-21,23-24H,9-10,13-17H2,1H3/t20-,21-,23+,24+,29+/m1/s1. The number of ether oxygens (including phenoxy) is 3. The molecule has 0 aromatic heterocycles. The number of rotatable bonds is 8. The topological polar surface area (TPSA) is 44.8 Å². The fraction of sp³-hybridized carbons (Fsp3) is 0.500. The number of aryl methyl sites for hydroxylation is 1. The van der Waals surface area contributed by atoms with Crippen molar-refractivity contribution in [2.24, 2.45) is 0 Å². The zero-order chi connectivity index (χ0) is 20.1. The molecule has 2 aromatic rings. The Morgan fingerprint density at radius 3 is 2.28 bits per heavy atom. The first-order valence-electron chi connectivity index (χ1n) is 10.5. The minimum Gasteiger partial charge on any atom is -0.374 e. The summed E-state index contributed by atoms with van der Waals surface area (Å²) in [5, 5.41) is 0. The van der Waals surface area contributed by atoms with Gasteiger partial charge in [-0.3, -0.25) is 4.21 Å². The third-order valence-electron chi connectivity index (χ3n) is 5.73. The van der Waals surface area contributed by atoms with Crippen LogP contribution in [0.15, 0.2) is 59.5 Å². The van der Waals surface area contributed by atoms with Crippen molar-refractivity contribution in [1.29, 1.82) is 0 Å². The Morgan fingerprint density at radius 1 is 0.897 bits per heavy atom. The van der Waals surface area contributed by atoms with Crippen molar-refractivity contribution in [3.05, 3.63) is 65.7 Å². The Morgan fingerprint density at radius 2 is 1.55 bits per heavy atom. The van der Waals surface area contributed by atoms with Gasteiger partial charge in [0.25, 0.3) is 0 Å². The molecule has 2 aromatic carbocycles. The van der Waals surface area contributed by atoms with Crippen LogP contribution in [0.3, 0.4) is 0 Å². The largest absolute Gasteiger partial charge is 0.374 e. The van der Waals surface area contributed by atoms with E-state index in [2.05, 4.69) is 12.1 Å². The summed E-state index contributed by atoms with van der Waals surface area (Å²) in [6.45, 7) is 3.29. The maximum atomic E-state index is 12.6. The zero-order valence-electron chi connectivity index (χ0n) is 17.0. The van der Waals surface area contributed by atoms with Crippen molar-refractivity contribution in [1.82, 2.24) is 0 Å². The molecule has 0 spiro atoms. The minimum absolute atomic E-state index is 0.0547. The van der Waals surface area contributed by atoms with Crippen LogP contribution < -0.4 is 0 Å². The number of hydrogen-bond donors (Lipinski definition) is 0. The average Bonchev–Trinajstić information content (AvgIpc) is 3.39. The van der Waals surface area contributed by atoms with E-state index in [4.69, 9.17) is 14.2 Å². The van der Waals surface area contributed by atoms with Crippen LogP contribution in [0.5, 0.6) is 0 Å². The first kappa shape index (κ1) is 20.7. The lowest BCUT2D eigenvalue weighted by molar-refractivity contribution is -0.0795. The Bertz CT molecular complexity index is 792. The monoisotopic (exact) mass is 414 g/mol. The van der Waals surface area contributed by atoms with E-state index in [9.17, 15) is 4.21 Å². The Balaban J connectivity index is 1.18. The lowest BCUT2D eigenvalue weighted by Gasteiger charge is -2.20. The molecule has 0 radical (unpaired) electrons. The smallest absolute Gasteiger partial charge is 0.0842 e. The molecule has 4 rings (SSSR count). The van der Waals surface area contributed by atoms with E-state index in [0.29, 0.717) is 19.0 Å². The molecule has 5 atom stereocenters. The van der Waals surface area contributed by atoms with Gasteiger partial charge in [-0.2, -0.15) is 0 Å². The summed E-state index contributed by atoms with van der Waals surface area (Å²) in [6.07, 6.45) is 4.42. The van der Waals surface area contributed by atoms with Crippen LogP contribution in [-0.4, -0.2) is 41.0 Å². The summed E-state index contributed by atoms with van der Waals surface area (Å²) in [4.78, 5) is 0.885. The molecule has 2 saturated heterocycles. The van der Waals surface area contributed by atoms with Crippen LogP contribution in [0, 0.1) is 6.92 Å². The van der Waals surface area contributed by atoms with Gasteiger partial charge in [0.2, 0.25) is 0 Å². The minimum atomic E-state index is -1.01. The van der Waals surface area contributed by atoms with Crippen molar-refractivity contribution in [3.63, 3.8) is 0 Å². The molecule has 2 heterocycles. The maximum absolute atomic E-state index is 12.6. The zero-order valence-corrected chi connectivity index (χ0v) is 17.8. The molecule has 4 nitrogen and oxygen atoms in total. The van der Waals surface area contributed by atoms with E-state index in [1.54, 1.807) is 0 Å². The van der Waals surface area contributed by atoms with Gasteiger partial charge in [-0.15, -0.1) is 0 Å². The summed E-state index contributed by atoms with van der Waals surface area (Å²) < 4.78 is 30.9. The first-order valence-corrected chi connectivity index (χ1v) is 11.9. The lowest BCUT2D eigenvalue weighted by atomic mass is 10.1. The molecule has 0 bridgehead atoms. The predicted octanol–water partition coefficient (Wildman–Crippen LogP) is 4.41. The van der Waals surface area contributed by atoms with E-state index in [1.165, 1.54) is 11.1 Å². The Kier molecular flexibility index (Phi) is 7.14. The highest BCUT2D eigenvalue weighted by Crippen LogP contribution is 2.32. The molecule has 0 saturated carbocycles. The average molecular weight is 415 g/mol. The Hall–Kier alpha value is -1.53. The molecule has 0 amide bonds. The second-order valence-electron chi connectivity index (χ2n) is 8.07. The molecule has 0 N–H and O–H groups in total. The normalized spacial score (nSPS) is 27.9. The van der Waals surface area contributed by atoms with Crippen LogP contribution in [0.1, 0.15) is 36.8 Å². The summed E-state index contributed by atoms with van der Waals surface area (Å²) in [6, 6.07) is 18.2. The molecule has 29 heavy (non-hydrogen) atoms. The van der Waals surface area contributed by atoms with E-state index >= 15 is 0 Å². The third kappa shape index (κ3) is 5.76. The fourth-order valence-corrected chi connectivity index (χ4v) is 5.31. The quantitative estimate of drug-likeness (QED) is 0.642. The summed E-state index contributed by atoms with van der Waals surface area (Å²) in [5.74, 6) is 0.565.